The van der Waals surface area contributed by atoms with Crippen LogP contribution in [0.15, 0.2) is 0 Å². The summed E-state index contributed by atoms with van der Waals surface area (Å²) >= 11 is 0. The average Bonchev–Trinajstić information content (AvgIpc) is 3.47. The van der Waals surface area contributed by atoms with Crippen molar-refractivity contribution in [3.8, 4) is 0 Å². The van der Waals surface area contributed by atoms with E-state index in [4.69, 9.17) is 9.47 Å². The topological polar surface area (TPSA) is 120 Å². The molecule has 0 aliphatic carbocycles. The van der Waals surface area contributed by atoms with Crippen LogP contribution >= 0.6 is 0 Å². The summed E-state index contributed by atoms with van der Waals surface area (Å²) in [4.78, 5) is 46.9. The zero-order valence-electron chi connectivity index (χ0n) is 20.8. The molecule has 4 amide bonds. The first-order chi connectivity index (χ1) is 14.7. The molecule has 192 valence electrons. The van der Waals surface area contributed by atoms with E-state index in [2.05, 4.69) is 10.6 Å². The Hall–Kier alpha value is -2.20. The van der Waals surface area contributed by atoms with Crippen molar-refractivity contribution in [3.63, 3.8) is 0 Å². The molecule has 2 fully saturated rings. The molecule has 10 nitrogen and oxygen atoms in total. The number of rotatable bonds is 8. The minimum atomic E-state index is -0.472. The fourth-order valence-electron chi connectivity index (χ4n) is 3.31. The molecule has 0 aromatic heterocycles. The van der Waals surface area contributed by atoms with Gasteiger partial charge in [0.25, 0.3) is 0 Å². The lowest BCUT2D eigenvalue weighted by Crippen LogP contribution is -2.95. The van der Waals surface area contributed by atoms with Crippen LogP contribution in [-0.4, -0.2) is 73.5 Å². The van der Waals surface area contributed by atoms with Crippen LogP contribution in [0.2, 0.25) is 0 Å². The van der Waals surface area contributed by atoms with E-state index in [9.17, 15) is 19.2 Å². The maximum absolute atomic E-state index is 11.3. The summed E-state index contributed by atoms with van der Waals surface area (Å²) in [5, 5.41) is 5.30. The van der Waals surface area contributed by atoms with E-state index < -0.39 is 23.4 Å². The van der Waals surface area contributed by atoms with Gasteiger partial charge in [0.2, 0.25) is 12.1 Å². The second-order valence-electron chi connectivity index (χ2n) is 10.0. The van der Waals surface area contributed by atoms with Crippen molar-refractivity contribution in [1.82, 2.24) is 10.6 Å². The first kappa shape index (κ1) is 30.8. The standard InChI is InChI=1S/2C11H20N2O3.CH4/c2*1-5-13-8(9(13)14)6-7-12-10(15)16-11(2,3)4;/h2*8H,5-7H2,1-4H3,(H,12,15);1H4/p+2. The summed E-state index contributed by atoms with van der Waals surface area (Å²) in [6.45, 7) is 17.5. The number of carbonyl (C=O) groups excluding carboxylic acids is 4. The molecular weight excluding hydrogens is 428 g/mol. The Labute approximate surface area is 198 Å². The van der Waals surface area contributed by atoms with Gasteiger partial charge in [-0.2, -0.15) is 0 Å². The molecule has 2 rings (SSSR count). The highest BCUT2D eigenvalue weighted by atomic mass is 16.6. The van der Waals surface area contributed by atoms with Crippen LogP contribution in [0.1, 0.15) is 75.7 Å². The average molecular weight is 475 g/mol. The van der Waals surface area contributed by atoms with E-state index in [0.29, 0.717) is 25.9 Å². The highest BCUT2D eigenvalue weighted by molar-refractivity contribution is 5.83. The molecule has 0 aromatic carbocycles. The third-order valence-electron chi connectivity index (χ3n) is 4.90. The molecule has 2 saturated heterocycles. The molecular formula is C23H46N4O6+2. The number of hydrogen-bond donors (Lipinski definition) is 4. The van der Waals surface area contributed by atoms with Crippen LogP contribution in [0.25, 0.3) is 0 Å². The van der Waals surface area contributed by atoms with Gasteiger partial charge in [-0.15, -0.1) is 0 Å². The third kappa shape index (κ3) is 12.0. The van der Waals surface area contributed by atoms with Crippen molar-refractivity contribution in [1.29, 1.82) is 0 Å². The Morgan fingerprint density at radius 1 is 0.758 bits per heavy atom. The first-order valence-electron chi connectivity index (χ1n) is 11.4. The lowest BCUT2D eigenvalue weighted by Gasteiger charge is -2.19. The number of quaternary nitrogens is 2. The first-order valence-corrected chi connectivity index (χ1v) is 11.4. The molecule has 2 aliphatic heterocycles. The molecule has 10 heteroatoms. The number of hydrogen-bond acceptors (Lipinski definition) is 6. The summed E-state index contributed by atoms with van der Waals surface area (Å²) in [7, 11) is 0. The Kier molecular flexibility index (Phi) is 12.0. The number of ether oxygens (including phenoxy) is 2. The molecule has 0 bridgehead atoms. The zero-order valence-corrected chi connectivity index (χ0v) is 20.8. The minimum absolute atomic E-state index is 0. The van der Waals surface area contributed by atoms with Crippen molar-refractivity contribution in [2.24, 2.45) is 0 Å². The summed E-state index contributed by atoms with van der Waals surface area (Å²) in [6, 6.07) is 0.167. The fourth-order valence-corrected chi connectivity index (χ4v) is 3.31. The van der Waals surface area contributed by atoms with Gasteiger partial charge in [-0.25, -0.2) is 19.2 Å². The van der Waals surface area contributed by atoms with Gasteiger partial charge < -0.3 is 20.1 Å². The summed E-state index contributed by atoms with van der Waals surface area (Å²) in [5.74, 6) is 0.516. The maximum Gasteiger partial charge on any atom is 0.407 e. The predicted octanol–water partition coefficient (Wildman–Crippen LogP) is 0.0657. The summed E-state index contributed by atoms with van der Waals surface area (Å²) < 4.78 is 10.2. The molecule has 0 aromatic rings. The van der Waals surface area contributed by atoms with E-state index in [1.165, 1.54) is 0 Å². The van der Waals surface area contributed by atoms with Crippen LogP contribution in [0.3, 0.4) is 0 Å². The van der Waals surface area contributed by atoms with E-state index in [1.54, 1.807) is 0 Å². The highest BCUT2D eigenvalue weighted by Crippen LogP contribution is 2.07. The molecule has 33 heavy (non-hydrogen) atoms. The largest absolute Gasteiger partial charge is 0.444 e. The van der Waals surface area contributed by atoms with Crippen LogP contribution in [0, 0.1) is 0 Å². The van der Waals surface area contributed by atoms with Gasteiger partial charge in [0, 0.05) is 25.9 Å². The minimum Gasteiger partial charge on any atom is -0.444 e. The van der Waals surface area contributed by atoms with Gasteiger partial charge in [0.15, 0.2) is 0 Å². The molecule has 2 aliphatic rings. The number of amides is 4. The van der Waals surface area contributed by atoms with E-state index >= 15 is 0 Å². The third-order valence-corrected chi connectivity index (χ3v) is 4.90. The van der Waals surface area contributed by atoms with Gasteiger partial charge in [-0.3, -0.25) is 9.80 Å². The van der Waals surface area contributed by atoms with Gasteiger partial charge in [-0.1, -0.05) is 7.43 Å². The van der Waals surface area contributed by atoms with Crippen LogP contribution in [0.4, 0.5) is 9.59 Å². The quantitative estimate of drug-likeness (QED) is 0.370. The smallest absolute Gasteiger partial charge is 0.407 e. The molecule has 0 radical (unpaired) electrons. The Balaban J connectivity index is 0.000000602. The van der Waals surface area contributed by atoms with E-state index in [-0.39, 0.29) is 31.3 Å². The molecule has 4 unspecified atom stereocenters. The van der Waals surface area contributed by atoms with Gasteiger partial charge in [0.05, 0.1) is 13.1 Å². The molecule has 4 atom stereocenters. The number of alkyl carbamates (subject to hydrolysis) is 2. The van der Waals surface area contributed by atoms with Gasteiger partial charge in [-0.05, 0) is 55.4 Å². The van der Waals surface area contributed by atoms with Gasteiger partial charge >= 0.3 is 24.0 Å². The lowest BCUT2D eigenvalue weighted by atomic mass is 10.2. The molecule has 2 heterocycles. The molecule has 0 spiro atoms. The SMILES string of the molecule is C.CC[NH+]1C(=O)C1CCNC(=O)OC(C)(C)C.CC[NH+]1C(=O)C1CCNC(=O)OC(C)(C)C. The molecule has 4 N–H and O–H groups in total. The Morgan fingerprint density at radius 3 is 1.27 bits per heavy atom. The second kappa shape index (κ2) is 12.9. The summed E-state index contributed by atoms with van der Waals surface area (Å²) in [6.07, 6.45) is 0.556. The second-order valence-corrected chi connectivity index (χ2v) is 10.0. The number of carbonyl (C=O) groups is 4. The summed E-state index contributed by atoms with van der Waals surface area (Å²) in [5.41, 5.74) is -0.944. The van der Waals surface area contributed by atoms with Crippen LogP contribution < -0.4 is 20.4 Å². The Morgan fingerprint density at radius 2 is 1.06 bits per heavy atom. The lowest BCUT2D eigenvalue weighted by molar-refractivity contribution is -0.732. The van der Waals surface area contributed by atoms with Crippen molar-refractivity contribution >= 4 is 24.0 Å². The monoisotopic (exact) mass is 474 g/mol. The van der Waals surface area contributed by atoms with Crippen molar-refractivity contribution in [2.45, 2.75) is 98.9 Å². The van der Waals surface area contributed by atoms with Crippen LogP contribution in [0.5, 0.6) is 0 Å². The van der Waals surface area contributed by atoms with Crippen molar-refractivity contribution < 1.29 is 38.5 Å². The normalized spacial score (nSPS) is 23.4. The van der Waals surface area contributed by atoms with Crippen LogP contribution in [-0.2, 0) is 19.1 Å². The van der Waals surface area contributed by atoms with E-state index in [1.807, 2.05) is 55.4 Å². The van der Waals surface area contributed by atoms with Crippen molar-refractivity contribution in [3.05, 3.63) is 0 Å². The molecule has 0 saturated carbocycles. The zero-order chi connectivity index (χ0) is 24.7. The number of likely N-dealkylation sites (N-methyl/N-ethyl adjacent to an activating group) is 2. The fraction of sp³-hybridized carbons (Fsp3) is 0.826. The van der Waals surface area contributed by atoms with E-state index in [0.717, 1.165) is 22.9 Å². The van der Waals surface area contributed by atoms with Crippen molar-refractivity contribution in [2.75, 3.05) is 26.2 Å². The highest BCUT2D eigenvalue weighted by Gasteiger charge is 2.53. The Bertz CT molecular complexity index is 625. The predicted molar refractivity (Wildman–Crippen MR) is 125 cm³/mol. The van der Waals surface area contributed by atoms with Gasteiger partial charge in [0.1, 0.15) is 11.2 Å². The number of nitrogens with one attached hydrogen (secondary N) is 4. The maximum atomic E-state index is 11.3.